The van der Waals surface area contributed by atoms with Gasteiger partial charge in [0.25, 0.3) is 5.91 Å². The molecule has 4 nitrogen and oxygen atoms in total. The van der Waals surface area contributed by atoms with Gasteiger partial charge in [0, 0.05) is 12.1 Å². The SMILES string of the molecule is CCc1ccc(C(=O)NCC(CC(C)(C)C)C(=O)O)cc1. The van der Waals surface area contributed by atoms with Gasteiger partial charge in [-0.3, -0.25) is 9.59 Å². The molecular weight excluding hydrogens is 266 g/mol. The number of rotatable bonds is 6. The van der Waals surface area contributed by atoms with Gasteiger partial charge in [-0.05, 0) is 36.0 Å². The number of aliphatic carboxylic acids is 1. The van der Waals surface area contributed by atoms with Gasteiger partial charge in [0.1, 0.15) is 0 Å². The van der Waals surface area contributed by atoms with E-state index in [1.165, 1.54) is 5.56 Å². The molecule has 0 aliphatic heterocycles. The van der Waals surface area contributed by atoms with Crippen LogP contribution < -0.4 is 5.32 Å². The van der Waals surface area contributed by atoms with Gasteiger partial charge in [-0.2, -0.15) is 0 Å². The molecule has 0 fully saturated rings. The normalized spacial score (nSPS) is 12.8. The number of hydrogen-bond donors (Lipinski definition) is 2. The van der Waals surface area contributed by atoms with Crippen LogP contribution in [0.4, 0.5) is 0 Å². The van der Waals surface area contributed by atoms with Crippen molar-refractivity contribution in [1.29, 1.82) is 0 Å². The Kier molecular flexibility index (Phi) is 5.94. The number of benzene rings is 1. The Balaban J connectivity index is 2.62. The van der Waals surface area contributed by atoms with Crippen LogP contribution >= 0.6 is 0 Å². The monoisotopic (exact) mass is 291 g/mol. The van der Waals surface area contributed by atoms with Crippen molar-refractivity contribution in [2.75, 3.05) is 6.54 Å². The van der Waals surface area contributed by atoms with E-state index in [2.05, 4.69) is 12.2 Å². The maximum atomic E-state index is 12.0. The molecule has 1 amide bonds. The zero-order chi connectivity index (χ0) is 16.0. The summed E-state index contributed by atoms with van der Waals surface area (Å²) in [5.74, 6) is -1.66. The van der Waals surface area contributed by atoms with Crippen molar-refractivity contribution in [2.45, 2.75) is 40.5 Å². The van der Waals surface area contributed by atoms with Crippen LogP contribution in [0.2, 0.25) is 0 Å². The van der Waals surface area contributed by atoms with Gasteiger partial charge in [0.2, 0.25) is 0 Å². The fourth-order valence-corrected chi connectivity index (χ4v) is 2.20. The molecular formula is C17H25NO3. The largest absolute Gasteiger partial charge is 0.481 e. The van der Waals surface area contributed by atoms with E-state index in [-0.39, 0.29) is 17.9 Å². The third kappa shape index (κ3) is 5.98. The standard InChI is InChI=1S/C17H25NO3/c1-5-12-6-8-13(9-7-12)15(19)18-11-14(16(20)21)10-17(2,3)4/h6-9,14H,5,10-11H2,1-4H3,(H,18,19)(H,20,21). The first-order valence-electron chi connectivity index (χ1n) is 7.33. The van der Waals surface area contributed by atoms with Gasteiger partial charge in [0.05, 0.1) is 5.92 Å². The first kappa shape index (κ1) is 17.2. The highest BCUT2D eigenvalue weighted by Crippen LogP contribution is 2.24. The third-order valence-electron chi connectivity index (χ3n) is 3.34. The molecule has 0 aliphatic carbocycles. The van der Waals surface area contributed by atoms with E-state index < -0.39 is 11.9 Å². The highest BCUT2D eigenvalue weighted by molar-refractivity contribution is 5.94. The smallest absolute Gasteiger partial charge is 0.308 e. The van der Waals surface area contributed by atoms with Crippen LogP contribution in [0.15, 0.2) is 24.3 Å². The van der Waals surface area contributed by atoms with Crippen molar-refractivity contribution < 1.29 is 14.7 Å². The molecule has 0 heterocycles. The number of carboxylic acid groups (broad SMARTS) is 1. The molecule has 1 aromatic rings. The molecule has 1 unspecified atom stereocenters. The quantitative estimate of drug-likeness (QED) is 0.846. The van der Waals surface area contributed by atoms with E-state index in [0.717, 1.165) is 6.42 Å². The van der Waals surface area contributed by atoms with Gasteiger partial charge in [-0.1, -0.05) is 39.8 Å². The highest BCUT2D eigenvalue weighted by Gasteiger charge is 2.25. The zero-order valence-corrected chi connectivity index (χ0v) is 13.3. The summed E-state index contributed by atoms with van der Waals surface area (Å²) in [5, 5.41) is 12.0. The Hall–Kier alpha value is -1.84. The summed E-state index contributed by atoms with van der Waals surface area (Å²) in [4.78, 5) is 23.3. The van der Waals surface area contributed by atoms with Gasteiger partial charge >= 0.3 is 5.97 Å². The van der Waals surface area contributed by atoms with Crippen LogP contribution in [0.1, 0.15) is 50.0 Å². The molecule has 0 bridgehead atoms. The van der Waals surface area contributed by atoms with Crippen LogP contribution in [0.3, 0.4) is 0 Å². The second-order valence-corrected chi connectivity index (χ2v) is 6.56. The van der Waals surface area contributed by atoms with Crippen LogP contribution in [-0.4, -0.2) is 23.5 Å². The van der Waals surface area contributed by atoms with Gasteiger partial charge in [0.15, 0.2) is 0 Å². The number of carboxylic acids is 1. The molecule has 21 heavy (non-hydrogen) atoms. The molecule has 0 aliphatic rings. The van der Waals surface area contributed by atoms with Crippen molar-refractivity contribution in [3.63, 3.8) is 0 Å². The summed E-state index contributed by atoms with van der Waals surface area (Å²) in [6.07, 6.45) is 1.45. The molecule has 1 atom stereocenters. The summed E-state index contributed by atoms with van der Waals surface area (Å²) in [6.45, 7) is 8.19. The summed E-state index contributed by atoms with van der Waals surface area (Å²) in [7, 11) is 0. The zero-order valence-electron chi connectivity index (χ0n) is 13.3. The molecule has 0 saturated carbocycles. The fraction of sp³-hybridized carbons (Fsp3) is 0.529. The molecule has 0 spiro atoms. The average molecular weight is 291 g/mol. The van der Waals surface area contributed by atoms with Crippen molar-refractivity contribution in [3.8, 4) is 0 Å². The Labute approximate surface area is 126 Å². The van der Waals surface area contributed by atoms with Gasteiger partial charge < -0.3 is 10.4 Å². The first-order valence-corrected chi connectivity index (χ1v) is 7.33. The summed E-state index contributed by atoms with van der Waals surface area (Å²) < 4.78 is 0. The molecule has 1 aromatic carbocycles. The maximum absolute atomic E-state index is 12.0. The van der Waals surface area contributed by atoms with Crippen molar-refractivity contribution in [1.82, 2.24) is 5.32 Å². The number of nitrogens with one attached hydrogen (secondary N) is 1. The van der Waals surface area contributed by atoms with Crippen LogP contribution in [-0.2, 0) is 11.2 Å². The number of amides is 1. The lowest BCUT2D eigenvalue weighted by Crippen LogP contribution is -2.35. The summed E-state index contributed by atoms with van der Waals surface area (Å²) in [5.41, 5.74) is 1.64. The maximum Gasteiger partial charge on any atom is 0.308 e. The van der Waals surface area contributed by atoms with Crippen molar-refractivity contribution >= 4 is 11.9 Å². The molecule has 0 radical (unpaired) electrons. The molecule has 116 valence electrons. The van der Waals surface area contributed by atoms with E-state index in [4.69, 9.17) is 0 Å². The Morgan fingerprint density at radius 1 is 1.19 bits per heavy atom. The number of hydrogen-bond acceptors (Lipinski definition) is 2. The van der Waals surface area contributed by atoms with E-state index in [1.807, 2.05) is 32.9 Å². The molecule has 0 aromatic heterocycles. The average Bonchev–Trinajstić information content (AvgIpc) is 2.41. The van der Waals surface area contributed by atoms with E-state index in [9.17, 15) is 14.7 Å². The van der Waals surface area contributed by atoms with Gasteiger partial charge in [-0.25, -0.2) is 0 Å². The molecule has 1 rings (SSSR count). The van der Waals surface area contributed by atoms with Crippen molar-refractivity contribution in [2.24, 2.45) is 11.3 Å². The topological polar surface area (TPSA) is 66.4 Å². The first-order chi connectivity index (χ1) is 9.73. The predicted octanol–water partition coefficient (Wildman–Crippen LogP) is 3.12. The minimum absolute atomic E-state index is 0.0867. The second kappa shape index (κ2) is 7.25. The Morgan fingerprint density at radius 3 is 2.19 bits per heavy atom. The lowest BCUT2D eigenvalue weighted by Gasteiger charge is -2.23. The molecule has 4 heteroatoms. The highest BCUT2D eigenvalue weighted by atomic mass is 16.4. The second-order valence-electron chi connectivity index (χ2n) is 6.56. The van der Waals surface area contributed by atoms with Gasteiger partial charge in [-0.15, -0.1) is 0 Å². The molecule has 2 N–H and O–H groups in total. The van der Waals surface area contributed by atoms with E-state index in [0.29, 0.717) is 12.0 Å². The molecule has 0 saturated heterocycles. The predicted molar refractivity (Wildman–Crippen MR) is 83.4 cm³/mol. The minimum Gasteiger partial charge on any atom is -0.481 e. The van der Waals surface area contributed by atoms with Crippen molar-refractivity contribution in [3.05, 3.63) is 35.4 Å². The van der Waals surface area contributed by atoms with Crippen LogP contribution in [0.5, 0.6) is 0 Å². The Morgan fingerprint density at radius 2 is 1.76 bits per heavy atom. The van der Waals surface area contributed by atoms with E-state index in [1.54, 1.807) is 12.1 Å². The Bertz CT molecular complexity index is 486. The summed E-state index contributed by atoms with van der Waals surface area (Å²) in [6, 6.07) is 7.37. The fourth-order valence-electron chi connectivity index (χ4n) is 2.20. The lowest BCUT2D eigenvalue weighted by molar-refractivity contribution is -0.142. The van der Waals surface area contributed by atoms with E-state index >= 15 is 0 Å². The minimum atomic E-state index is -0.869. The number of carbonyl (C=O) groups excluding carboxylic acids is 1. The summed E-state index contributed by atoms with van der Waals surface area (Å²) >= 11 is 0. The van der Waals surface area contributed by atoms with Crippen LogP contribution in [0.25, 0.3) is 0 Å². The number of carbonyl (C=O) groups is 2. The number of aryl methyl sites for hydroxylation is 1. The lowest BCUT2D eigenvalue weighted by atomic mass is 9.84. The van der Waals surface area contributed by atoms with Crippen LogP contribution in [0, 0.1) is 11.3 Å². The third-order valence-corrected chi connectivity index (χ3v) is 3.34.